The lowest BCUT2D eigenvalue weighted by atomic mass is 9.96. The van der Waals surface area contributed by atoms with Gasteiger partial charge in [0, 0.05) is 0 Å². The second kappa shape index (κ2) is 14.2. The van der Waals surface area contributed by atoms with E-state index in [0.29, 0.717) is 10.8 Å². The number of rotatable bonds is 16. The predicted molar refractivity (Wildman–Crippen MR) is 122 cm³/mol. The molecule has 0 fully saturated rings. The molecule has 28 heavy (non-hydrogen) atoms. The second-order valence-electron chi connectivity index (χ2n) is 8.82. The van der Waals surface area contributed by atoms with Crippen LogP contribution >= 0.6 is 0 Å². The Morgan fingerprint density at radius 2 is 1.32 bits per heavy atom. The van der Waals surface area contributed by atoms with E-state index >= 15 is 0 Å². The van der Waals surface area contributed by atoms with Gasteiger partial charge >= 0.3 is 0 Å². The molecule has 0 aromatic heterocycles. The van der Waals surface area contributed by atoms with Gasteiger partial charge in [-0.2, -0.15) is 0 Å². The first-order valence-corrected chi connectivity index (χ1v) is 13.2. The van der Waals surface area contributed by atoms with Gasteiger partial charge in [0.1, 0.15) is 0 Å². The smallest absolute Gasteiger partial charge is 0.181 e. The van der Waals surface area contributed by atoms with E-state index in [9.17, 15) is 8.42 Å². The predicted octanol–water partition coefficient (Wildman–Crippen LogP) is 7.82. The first-order chi connectivity index (χ1) is 13.4. The third kappa shape index (κ3) is 9.58. The van der Waals surface area contributed by atoms with Gasteiger partial charge in [0.25, 0.3) is 0 Å². The molecule has 0 aliphatic carbocycles. The van der Waals surface area contributed by atoms with E-state index in [1.54, 1.807) is 12.1 Å². The molecule has 0 saturated heterocycles. The molecule has 0 saturated carbocycles. The van der Waals surface area contributed by atoms with E-state index in [-0.39, 0.29) is 5.25 Å². The van der Waals surface area contributed by atoms with E-state index in [2.05, 4.69) is 27.7 Å². The third-order valence-corrected chi connectivity index (χ3v) is 8.38. The lowest BCUT2D eigenvalue weighted by Gasteiger charge is -2.21. The number of sulfone groups is 1. The highest BCUT2D eigenvalue weighted by Crippen LogP contribution is 2.27. The molecule has 0 aliphatic heterocycles. The highest BCUT2D eigenvalue weighted by Gasteiger charge is 2.28. The second-order valence-corrected chi connectivity index (χ2v) is 11.0. The largest absolute Gasteiger partial charge is 0.223 e. The summed E-state index contributed by atoms with van der Waals surface area (Å²) in [5.74, 6) is 1.31. The van der Waals surface area contributed by atoms with Crippen LogP contribution in [0.25, 0.3) is 0 Å². The highest BCUT2D eigenvalue weighted by atomic mass is 32.2. The van der Waals surface area contributed by atoms with Crippen molar-refractivity contribution in [3.05, 3.63) is 30.3 Å². The normalized spacial score (nSPS) is 15.3. The average Bonchev–Trinajstić information content (AvgIpc) is 2.70. The Bertz CT molecular complexity index is 594. The lowest BCUT2D eigenvalue weighted by Crippen LogP contribution is -2.24. The van der Waals surface area contributed by atoms with Crippen molar-refractivity contribution in [1.29, 1.82) is 0 Å². The zero-order valence-electron chi connectivity index (χ0n) is 18.8. The average molecular weight is 409 g/mol. The molecule has 2 nitrogen and oxygen atoms in total. The fourth-order valence-corrected chi connectivity index (χ4v) is 5.89. The molecule has 0 radical (unpaired) electrons. The van der Waals surface area contributed by atoms with Crippen molar-refractivity contribution in [2.24, 2.45) is 11.8 Å². The molecule has 0 aliphatic rings. The van der Waals surface area contributed by atoms with Crippen LogP contribution in [0.4, 0.5) is 0 Å². The molecular weight excluding hydrogens is 364 g/mol. The minimum Gasteiger partial charge on any atom is -0.223 e. The molecule has 3 atom stereocenters. The summed E-state index contributed by atoms with van der Waals surface area (Å²) in [7, 11) is -3.22. The van der Waals surface area contributed by atoms with Crippen molar-refractivity contribution in [3.8, 4) is 0 Å². The van der Waals surface area contributed by atoms with E-state index in [1.807, 2.05) is 18.2 Å². The van der Waals surface area contributed by atoms with Crippen LogP contribution in [-0.4, -0.2) is 13.7 Å². The Morgan fingerprint density at radius 1 is 0.750 bits per heavy atom. The van der Waals surface area contributed by atoms with Crippen molar-refractivity contribution >= 4 is 9.84 Å². The van der Waals surface area contributed by atoms with Gasteiger partial charge in [-0.3, -0.25) is 0 Å². The zero-order valence-corrected chi connectivity index (χ0v) is 19.6. The van der Waals surface area contributed by atoms with Crippen molar-refractivity contribution in [2.75, 3.05) is 0 Å². The van der Waals surface area contributed by atoms with E-state index in [0.717, 1.165) is 38.0 Å². The molecular formula is C25H44O2S. The van der Waals surface area contributed by atoms with Crippen LogP contribution in [-0.2, 0) is 9.84 Å². The Kier molecular flexibility index (Phi) is 12.8. The van der Waals surface area contributed by atoms with E-state index < -0.39 is 9.84 Å². The Morgan fingerprint density at radius 3 is 1.93 bits per heavy atom. The maximum absolute atomic E-state index is 13.1. The summed E-state index contributed by atoms with van der Waals surface area (Å²) in [6.45, 7) is 8.97. The maximum atomic E-state index is 13.1. The Balaban J connectivity index is 2.43. The summed E-state index contributed by atoms with van der Waals surface area (Å²) in [6, 6.07) is 9.03. The van der Waals surface area contributed by atoms with Crippen LogP contribution in [0.15, 0.2) is 35.2 Å². The standard InChI is InChI=1S/C25H44O2S/c1-5-7-16-23(4)17-12-9-8-10-13-20-25(21-22(3)6-2)28(26,27)24-18-14-11-15-19-24/h11,14-15,18-19,22-23,25H,5-10,12-13,16-17,20-21H2,1-4H3/t22-,23-,25+/m1/s1. The minimum atomic E-state index is -3.22. The first kappa shape index (κ1) is 25.2. The van der Waals surface area contributed by atoms with Gasteiger partial charge in [-0.05, 0) is 36.8 Å². The van der Waals surface area contributed by atoms with Gasteiger partial charge in [-0.15, -0.1) is 0 Å². The topological polar surface area (TPSA) is 34.1 Å². The summed E-state index contributed by atoms with van der Waals surface area (Å²) in [4.78, 5) is 0.490. The fraction of sp³-hybridized carbons (Fsp3) is 0.760. The van der Waals surface area contributed by atoms with Crippen molar-refractivity contribution < 1.29 is 8.42 Å². The molecule has 1 rings (SSSR count). The quantitative estimate of drug-likeness (QED) is 0.261. The lowest BCUT2D eigenvalue weighted by molar-refractivity contribution is 0.435. The summed E-state index contributed by atoms with van der Waals surface area (Å²) >= 11 is 0. The molecule has 162 valence electrons. The molecule has 0 N–H and O–H groups in total. The zero-order chi connectivity index (χ0) is 20.8. The minimum absolute atomic E-state index is 0.237. The van der Waals surface area contributed by atoms with Crippen LogP contribution in [0.5, 0.6) is 0 Å². The first-order valence-electron chi connectivity index (χ1n) is 11.7. The van der Waals surface area contributed by atoms with E-state index in [4.69, 9.17) is 0 Å². The number of unbranched alkanes of at least 4 members (excludes halogenated alkanes) is 5. The summed E-state index contributed by atoms with van der Waals surface area (Å²) < 4.78 is 26.2. The van der Waals surface area contributed by atoms with Crippen LogP contribution in [0.2, 0.25) is 0 Å². The van der Waals surface area contributed by atoms with Crippen LogP contribution in [0, 0.1) is 11.8 Å². The van der Waals surface area contributed by atoms with Crippen molar-refractivity contribution in [3.63, 3.8) is 0 Å². The number of hydrogen-bond acceptors (Lipinski definition) is 2. The van der Waals surface area contributed by atoms with Gasteiger partial charge in [0.15, 0.2) is 9.84 Å². The van der Waals surface area contributed by atoms with E-state index in [1.165, 1.54) is 44.9 Å². The molecule has 0 heterocycles. The summed E-state index contributed by atoms with van der Waals surface area (Å²) in [5.41, 5.74) is 0. The van der Waals surface area contributed by atoms with Crippen molar-refractivity contribution in [1.82, 2.24) is 0 Å². The van der Waals surface area contributed by atoms with Crippen LogP contribution < -0.4 is 0 Å². The van der Waals surface area contributed by atoms with Crippen molar-refractivity contribution in [2.45, 2.75) is 115 Å². The molecule has 1 aromatic rings. The van der Waals surface area contributed by atoms with Crippen LogP contribution in [0.1, 0.15) is 105 Å². The van der Waals surface area contributed by atoms with Gasteiger partial charge in [0.05, 0.1) is 10.1 Å². The van der Waals surface area contributed by atoms with Gasteiger partial charge in [-0.1, -0.05) is 110 Å². The molecule has 0 bridgehead atoms. The van der Waals surface area contributed by atoms with Gasteiger partial charge in [-0.25, -0.2) is 8.42 Å². The molecule has 0 unspecified atom stereocenters. The SMILES string of the molecule is CCCC[C@@H](C)CCCCCCC[C@@H](C[C@H](C)CC)S(=O)(=O)c1ccccc1. The molecule has 0 amide bonds. The maximum Gasteiger partial charge on any atom is 0.181 e. The van der Waals surface area contributed by atoms with Crippen LogP contribution in [0.3, 0.4) is 0 Å². The molecule has 0 spiro atoms. The van der Waals surface area contributed by atoms with Gasteiger partial charge < -0.3 is 0 Å². The Labute approximate surface area is 175 Å². The number of hydrogen-bond donors (Lipinski definition) is 0. The monoisotopic (exact) mass is 408 g/mol. The molecule has 3 heteroatoms. The third-order valence-electron chi connectivity index (χ3n) is 6.15. The summed E-state index contributed by atoms with van der Waals surface area (Å²) in [5, 5.41) is -0.237. The fourth-order valence-electron chi connectivity index (χ4n) is 3.91. The highest BCUT2D eigenvalue weighted by molar-refractivity contribution is 7.92. The molecule has 1 aromatic carbocycles. The number of benzene rings is 1. The van der Waals surface area contributed by atoms with Gasteiger partial charge in [0.2, 0.25) is 0 Å². The Hall–Kier alpha value is -0.830. The summed E-state index contributed by atoms with van der Waals surface area (Å²) in [6.07, 6.45) is 14.0.